The fraction of sp³-hybridized carbons (Fsp3) is 0.211. The van der Waals surface area contributed by atoms with E-state index in [2.05, 4.69) is 15.3 Å². The van der Waals surface area contributed by atoms with Gasteiger partial charge in [-0.05, 0) is 25.1 Å². The summed E-state index contributed by atoms with van der Waals surface area (Å²) >= 11 is 0. The van der Waals surface area contributed by atoms with Crippen molar-refractivity contribution in [3.05, 3.63) is 59.2 Å². The maximum absolute atomic E-state index is 13.0. The Morgan fingerprint density at radius 1 is 0.867 bits per heavy atom. The number of nitrogens with two attached hydrogens (primary N) is 1. The minimum atomic E-state index is -4.98. The Bertz CT molecular complexity index is 1060. The van der Waals surface area contributed by atoms with E-state index in [1.54, 1.807) is 12.1 Å². The molecule has 0 aliphatic heterocycles. The number of azo groups is 1. The van der Waals surface area contributed by atoms with Crippen LogP contribution in [0, 0.1) is 6.92 Å². The zero-order valence-corrected chi connectivity index (χ0v) is 15.7. The molecule has 0 aliphatic rings. The van der Waals surface area contributed by atoms with Crippen molar-refractivity contribution in [1.82, 2.24) is 9.78 Å². The van der Waals surface area contributed by atoms with E-state index in [0.717, 1.165) is 5.56 Å². The number of nitrogen functional groups attached to an aromatic ring is 1. The van der Waals surface area contributed by atoms with Crippen LogP contribution in [0.15, 0.2) is 52.7 Å². The van der Waals surface area contributed by atoms with E-state index in [9.17, 15) is 26.3 Å². The highest BCUT2D eigenvalue weighted by Gasteiger charge is 2.37. The lowest BCUT2D eigenvalue weighted by atomic mass is 10.1. The molecule has 1 aromatic heterocycles. The summed E-state index contributed by atoms with van der Waals surface area (Å²) in [5, 5.41) is 11.6. The van der Waals surface area contributed by atoms with Crippen molar-refractivity contribution < 1.29 is 26.3 Å². The lowest BCUT2D eigenvalue weighted by molar-refractivity contribution is -0.143. The molecular formula is C19H15F6N5. The summed E-state index contributed by atoms with van der Waals surface area (Å²) in [5.74, 6) is 0.0531. The molecule has 3 rings (SSSR count). The molecule has 30 heavy (non-hydrogen) atoms. The molecule has 0 radical (unpaired) electrons. The van der Waals surface area contributed by atoms with Gasteiger partial charge in [0.1, 0.15) is 11.5 Å². The number of hydrogen-bond donors (Lipinski definition) is 1. The van der Waals surface area contributed by atoms with Crippen LogP contribution in [0.25, 0.3) is 11.3 Å². The summed E-state index contributed by atoms with van der Waals surface area (Å²) in [5.41, 5.74) is 4.26. The fourth-order valence-corrected chi connectivity index (χ4v) is 2.63. The Balaban J connectivity index is 2.09. The molecule has 2 aromatic carbocycles. The number of hydrogen-bond acceptors (Lipinski definition) is 4. The van der Waals surface area contributed by atoms with Crippen molar-refractivity contribution in [2.45, 2.75) is 19.3 Å². The van der Waals surface area contributed by atoms with Crippen LogP contribution in [0.4, 0.5) is 43.5 Å². The molecule has 0 spiro atoms. The molecule has 5 nitrogen and oxygen atoms in total. The monoisotopic (exact) mass is 427 g/mol. The minimum Gasteiger partial charge on any atom is -0.382 e. The van der Waals surface area contributed by atoms with Crippen LogP contribution < -0.4 is 5.73 Å². The summed E-state index contributed by atoms with van der Waals surface area (Å²) < 4.78 is 79.4. The van der Waals surface area contributed by atoms with Gasteiger partial charge >= 0.3 is 12.4 Å². The van der Waals surface area contributed by atoms with Crippen LogP contribution >= 0.6 is 0 Å². The van der Waals surface area contributed by atoms with Crippen molar-refractivity contribution in [1.29, 1.82) is 0 Å². The van der Waals surface area contributed by atoms with Gasteiger partial charge in [0.15, 0.2) is 5.69 Å². The molecule has 0 saturated carbocycles. The molecule has 0 aliphatic carbocycles. The van der Waals surface area contributed by atoms with Crippen LogP contribution in [-0.2, 0) is 19.4 Å². The van der Waals surface area contributed by atoms with E-state index in [0.29, 0.717) is 23.4 Å². The van der Waals surface area contributed by atoms with E-state index in [1.807, 2.05) is 19.1 Å². The lowest BCUT2D eigenvalue weighted by Crippen LogP contribution is -2.10. The molecule has 0 saturated heterocycles. The predicted octanol–water partition coefficient (Wildman–Crippen LogP) is 6.43. The lowest BCUT2D eigenvalue weighted by Gasteiger charge is -2.12. The normalized spacial score (nSPS) is 12.7. The first-order valence-corrected chi connectivity index (χ1v) is 8.47. The van der Waals surface area contributed by atoms with Gasteiger partial charge in [0.25, 0.3) is 0 Å². The largest absolute Gasteiger partial charge is 0.416 e. The molecule has 0 atom stereocenters. The van der Waals surface area contributed by atoms with Crippen LogP contribution in [0.1, 0.15) is 16.7 Å². The Morgan fingerprint density at radius 2 is 1.40 bits per heavy atom. The molecule has 11 heteroatoms. The van der Waals surface area contributed by atoms with E-state index >= 15 is 0 Å². The number of aryl methyl sites for hydroxylation is 2. The standard InChI is InChI=1S/C19H15F6N5/c1-10-3-5-11(6-4-10)15-16(17(26)30(2)29-15)28-27-14-8-12(18(20,21)22)7-13(9-14)19(23,24)25/h3-9H,26H2,1-2H3. The number of alkyl halides is 6. The number of halogens is 6. The first-order valence-electron chi connectivity index (χ1n) is 8.47. The molecule has 2 N–H and O–H groups in total. The summed E-state index contributed by atoms with van der Waals surface area (Å²) in [4.78, 5) is 0. The van der Waals surface area contributed by atoms with Gasteiger partial charge in [-0.3, -0.25) is 4.68 Å². The number of nitrogens with zero attached hydrogens (tertiary/aromatic N) is 4. The van der Waals surface area contributed by atoms with Crippen molar-refractivity contribution in [2.75, 3.05) is 5.73 Å². The van der Waals surface area contributed by atoms with Gasteiger partial charge in [-0.25, -0.2) is 0 Å². The highest BCUT2D eigenvalue weighted by molar-refractivity contribution is 5.79. The van der Waals surface area contributed by atoms with E-state index in [4.69, 9.17) is 5.73 Å². The molecule has 0 unspecified atom stereocenters. The summed E-state index contributed by atoms with van der Waals surface area (Å²) in [6, 6.07) is 8.08. The van der Waals surface area contributed by atoms with Crippen LogP contribution in [0.2, 0.25) is 0 Å². The van der Waals surface area contributed by atoms with Gasteiger partial charge in [0.05, 0.1) is 16.8 Å². The zero-order valence-electron chi connectivity index (χ0n) is 15.7. The maximum Gasteiger partial charge on any atom is 0.416 e. The second-order valence-corrected chi connectivity index (χ2v) is 6.54. The van der Waals surface area contributed by atoms with Crippen LogP contribution in [-0.4, -0.2) is 9.78 Å². The number of benzene rings is 2. The predicted molar refractivity (Wildman–Crippen MR) is 98.4 cm³/mol. The minimum absolute atomic E-state index is 0.0230. The number of aromatic nitrogens is 2. The zero-order chi connectivity index (χ0) is 22.3. The van der Waals surface area contributed by atoms with Crippen molar-refractivity contribution in [2.24, 2.45) is 17.3 Å². The Hall–Kier alpha value is -3.37. The molecule has 158 valence electrons. The molecule has 0 fully saturated rings. The van der Waals surface area contributed by atoms with E-state index in [1.165, 1.54) is 11.7 Å². The second-order valence-electron chi connectivity index (χ2n) is 6.54. The second kappa shape index (κ2) is 7.47. The van der Waals surface area contributed by atoms with Gasteiger partial charge in [-0.2, -0.15) is 36.6 Å². The average Bonchev–Trinajstić information content (AvgIpc) is 2.93. The Labute approximate surface area is 166 Å². The van der Waals surface area contributed by atoms with Gasteiger partial charge in [-0.15, -0.1) is 5.11 Å². The van der Waals surface area contributed by atoms with Crippen molar-refractivity contribution >= 4 is 17.2 Å². The number of anilines is 1. The molecule has 1 heterocycles. The van der Waals surface area contributed by atoms with Gasteiger partial charge in [-0.1, -0.05) is 29.8 Å². The quantitative estimate of drug-likeness (QED) is 0.387. The SMILES string of the molecule is Cc1ccc(-c2nn(C)c(N)c2N=Nc2cc(C(F)(F)F)cc(C(F)(F)F)c2)cc1. The van der Waals surface area contributed by atoms with Crippen LogP contribution in [0.3, 0.4) is 0 Å². The maximum atomic E-state index is 13.0. The molecular weight excluding hydrogens is 412 g/mol. The van der Waals surface area contributed by atoms with Crippen molar-refractivity contribution in [3.8, 4) is 11.3 Å². The third-order valence-electron chi connectivity index (χ3n) is 4.23. The molecule has 0 amide bonds. The van der Waals surface area contributed by atoms with Crippen molar-refractivity contribution in [3.63, 3.8) is 0 Å². The van der Waals surface area contributed by atoms with Crippen LogP contribution in [0.5, 0.6) is 0 Å². The van der Waals surface area contributed by atoms with E-state index < -0.39 is 29.2 Å². The number of rotatable bonds is 3. The summed E-state index contributed by atoms with van der Waals surface area (Å²) in [6.07, 6.45) is -9.96. The fourth-order valence-electron chi connectivity index (χ4n) is 2.63. The highest BCUT2D eigenvalue weighted by Crippen LogP contribution is 2.40. The highest BCUT2D eigenvalue weighted by atomic mass is 19.4. The third kappa shape index (κ3) is 4.44. The Morgan fingerprint density at radius 3 is 1.90 bits per heavy atom. The van der Waals surface area contributed by atoms with E-state index in [-0.39, 0.29) is 17.6 Å². The average molecular weight is 427 g/mol. The topological polar surface area (TPSA) is 68.6 Å². The molecule has 0 bridgehead atoms. The smallest absolute Gasteiger partial charge is 0.382 e. The van der Waals surface area contributed by atoms with Gasteiger partial charge < -0.3 is 5.73 Å². The van der Waals surface area contributed by atoms with Gasteiger partial charge in [0.2, 0.25) is 0 Å². The summed E-state index contributed by atoms with van der Waals surface area (Å²) in [7, 11) is 1.53. The molecule has 3 aromatic rings. The van der Waals surface area contributed by atoms with Gasteiger partial charge in [0, 0.05) is 12.6 Å². The summed E-state index contributed by atoms with van der Waals surface area (Å²) in [6.45, 7) is 1.88. The third-order valence-corrected chi connectivity index (χ3v) is 4.23. The first-order chi connectivity index (χ1) is 13.9. The Kier molecular flexibility index (Phi) is 5.31. The first kappa shape index (κ1) is 21.3.